The van der Waals surface area contributed by atoms with E-state index in [1.54, 1.807) is 31.2 Å². The summed E-state index contributed by atoms with van der Waals surface area (Å²) in [5, 5.41) is 7.34. The number of anilines is 1. The highest BCUT2D eigenvalue weighted by Crippen LogP contribution is 2.17. The van der Waals surface area contributed by atoms with Gasteiger partial charge in [-0.25, -0.2) is 13.4 Å². The SMILES string of the molecule is Cc1ccc(S(=O)(=O)Cc2nc(N)nnc2C)cc1. The fourth-order valence-corrected chi connectivity index (χ4v) is 2.92. The molecule has 0 unspecified atom stereocenters. The number of nitrogen functional groups attached to an aromatic ring is 1. The summed E-state index contributed by atoms with van der Waals surface area (Å²) in [6.07, 6.45) is 0. The minimum atomic E-state index is -3.46. The first-order valence-corrected chi connectivity index (χ1v) is 7.29. The van der Waals surface area contributed by atoms with Gasteiger partial charge in [0.25, 0.3) is 0 Å². The molecular formula is C12H14N4O2S. The van der Waals surface area contributed by atoms with Gasteiger partial charge in [0.2, 0.25) is 5.95 Å². The lowest BCUT2D eigenvalue weighted by molar-refractivity contribution is 0.594. The van der Waals surface area contributed by atoms with E-state index in [9.17, 15) is 8.42 Å². The van der Waals surface area contributed by atoms with Gasteiger partial charge in [-0.05, 0) is 26.0 Å². The Balaban J connectivity index is 2.36. The first-order valence-electron chi connectivity index (χ1n) is 5.63. The molecule has 0 amide bonds. The second kappa shape index (κ2) is 4.93. The van der Waals surface area contributed by atoms with E-state index >= 15 is 0 Å². The predicted octanol–water partition coefficient (Wildman–Crippen LogP) is 1.04. The molecule has 0 saturated carbocycles. The molecule has 2 N–H and O–H groups in total. The number of aromatic nitrogens is 3. The number of rotatable bonds is 3. The Kier molecular flexibility index (Phi) is 3.48. The van der Waals surface area contributed by atoms with Crippen LogP contribution in [0.5, 0.6) is 0 Å². The Hall–Kier alpha value is -2.02. The lowest BCUT2D eigenvalue weighted by atomic mass is 10.2. The summed E-state index contributed by atoms with van der Waals surface area (Å²) in [7, 11) is -3.46. The van der Waals surface area contributed by atoms with Crippen molar-refractivity contribution < 1.29 is 8.42 Å². The van der Waals surface area contributed by atoms with E-state index in [1.165, 1.54) is 0 Å². The zero-order valence-electron chi connectivity index (χ0n) is 10.7. The minimum Gasteiger partial charge on any atom is -0.366 e. The van der Waals surface area contributed by atoms with Gasteiger partial charge in [-0.2, -0.15) is 5.10 Å². The van der Waals surface area contributed by atoms with Gasteiger partial charge in [-0.1, -0.05) is 17.7 Å². The average Bonchev–Trinajstić information content (AvgIpc) is 2.34. The number of nitrogens with two attached hydrogens (primary N) is 1. The van der Waals surface area contributed by atoms with E-state index in [1.807, 2.05) is 6.92 Å². The molecule has 0 radical (unpaired) electrons. The minimum absolute atomic E-state index is 0.0280. The van der Waals surface area contributed by atoms with E-state index < -0.39 is 9.84 Å². The monoisotopic (exact) mass is 278 g/mol. The van der Waals surface area contributed by atoms with E-state index in [4.69, 9.17) is 5.73 Å². The van der Waals surface area contributed by atoms with Crippen LogP contribution >= 0.6 is 0 Å². The van der Waals surface area contributed by atoms with Gasteiger partial charge >= 0.3 is 0 Å². The van der Waals surface area contributed by atoms with Gasteiger partial charge in [0.05, 0.1) is 22.0 Å². The van der Waals surface area contributed by atoms with Crippen LogP contribution in [0.2, 0.25) is 0 Å². The third-order valence-corrected chi connectivity index (χ3v) is 4.32. The Morgan fingerprint density at radius 1 is 1.11 bits per heavy atom. The topological polar surface area (TPSA) is 98.8 Å². The quantitative estimate of drug-likeness (QED) is 0.900. The smallest absolute Gasteiger partial charge is 0.240 e. The van der Waals surface area contributed by atoms with Crippen molar-refractivity contribution in [3.8, 4) is 0 Å². The highest BCUT2D eigenvalue weighted by Gasteiger charge is 2.18. The maximum absolute atomic E-state index is 12.2. The maximum atomic E-state index is 12.2. The first kappa shape index (κ1) is 13.4. The number of nitrogens with zero attached hydrogens (tertiary/aromatic N) is 3. The van der Waals surface area contributed by atoms with E-state index in [0.29, 0.717) is 11.4 Å². The van der Waals surface area contributed by atoms with Crippen molar-refractivity contribution in [2.24, 2.45) is 0 Å². The van der Waals surface area contributed by atoms with E-state index in [2.05, 4.69) is 15.2 Å². The van der Waals surface area contributed by atoms with Crippen molar-refractivity contribution in [2.45, 2.75) is 24.5 Å². The van der Waals surface area contributed by atoms with Crippen LogP contribution in [0.15, 0.2) is 29.2 Å². The van der Waals surface area contributed by atoms with Crippen LogP contribution in [0, 0.1) is 13.8 Å². The lowest BCUT2D eigenvalue weighted by Crippen LogP contribution is -2.11. The van der Waals surface area contributed by atoms with E-state index in [0.717, 1.165) is 5.56 Å². The second-order valence-corrected chi connectivity index (χ2v) is 6.26. The van der Waals surface area contributed by atoms with Crippen LogP contribution < -0.4 is 5.73 Å². The molecular weight excluding hydrogens is 264 g/mol. The molecule has 0 fully saturated rings. The fourth-order valence-electron chi connectivity index (χ4n) is 1.57. The van der Waals surface area contributed by atoms with Crippen molar-refractivity contribution in [3.63, 3.8) is 0 Å². The van der Waals surface area contributed by atoms with Crippen LogP contribution in [0.4, 0.5) is 5.95 Å². The highest BCUT2D eigenvalue weighted by molar-refractivity contribution is 7.90. The number of hydrogen-bond acceptors (Lipinski definition) is 6. The van der Waals surface area contributed by atoms with Crippen molar-refractivity contribution in [3.05, 3.63) is 41.2 Å². The third-order valence-electron chi connectivity index (χ3n) is 2.68. The second-order valence-electron chi connectivity index (χ2n) is 4.27. The molecule has 6 nitrogen and oxygen atoms in total. The Bertz CT molecular complexity index is 696. The first-order chi connectivity index (χ1) is 8.88. The highest BCUT2D eigenvalue weighted by atomic mass is 32.2. The van der Waals surface area contributed by atoms with Crippen molar-refractivity contribution in [1.29, 1.82) is 0 Å². The number of aryl methyl sites for hydroxylation is 2. The molecule has 0 aliphatic carbocycles. The standard InChI is InChI=1S/C12H14N4O2S/c1-8-3-5-10(6-4-8)19(17,18)7-11-9(2)15-16-12(13)14-11/h3-6H,7H2,1-2H3,(H2,13,14,16). The lowest BCUT2D eigenvalue weighted by Gasteiger charge is -2.06. The molecule has 1 aromatic heterocycles. The summed E-state index contributed by atoms with van der Waals surface area (Å²) >= 11 is 0. The maximum Gasteiger partial charge on any atom is 0.240 e. The average molecular weight is 278 g/mol. The summed E-state index contributed by atoms with van der Waals surface area (Å²) in [4.78, 5) is 4.18. The van der Waals surface area contributed by atoms with Crippen LogP contribution in [0.1, 0.15) is 17.0 Å². The zero-order chi connectivity index (χ0) is 14.0. The number of sulfone groups is 1. The van der Waals surface area contributed by atoms with Crippen LogP contribution in [0.25, 0.3) is 0 Å². The summed E-state index contributed by atoms with van der Waals surface area (Å²) in [5.41, 5.74) is 7.22. The Morgan fingerprint density at radius 3 is 2.37 bits per heavy atom. The summed E-state index contributed by atoms with van der Waals surface area (Å²) in [6.45, 7) is 3.55. The van der Waals surface area contributed by atoms with Gasteiger partial charge in [-0.15, -0.1) is 5.10 Å². The van der Waals surface area contributed by atoms with Crippen LogP contribution in [-0.4, -0.2) is 23.6 Å². The molecule has 0 spiro atoms. The van der Waals surface area contributed by atoms with Crippen LogP contribution in [0.3, 0.4) is 0 Å². The third kappa shape index (κ3) is 3.05. The summed E-state index contributed by atoms with van der Waals surface area (Å²) < 4.78 is 24.5. The fraction of sp³-hybridized carbons (Fsp3) is 0.250. The largest absolute Gasteiger partial charge is 0.366 e. The van der Waals surface area contributed by atoms with Gasteiger partial charge in [0.15, 0.2) is 9.84 Å². The molecule has 2 aromatic rings. The van der Waals surface area contributed by atoms with Crippen molar-refractivity contribution in [2.75, 3.05) is 5.73 Å². The normalized spacial score (nSPS) is 11.5. The molecule has 7 heteroatoms. The zero-order valence-corrected chi connectivity index (χ0v) is 11.5. The Labute approximate surface area is 111 Å². The Morgan fingerprint density at radius 2 is 1.74 bits per heavy atom. The molecule has 0 saturated heterocycles. The molecule has 19 heavy (non-hydrogen) atoms. The number of benzene rings is 1. The summed E-state index contributed by atoms with van der Waals surface area (Å²) in [6, 6.07) is 6.68. The summed E-state index contributed by atoms with van der Waals surface area (Å²) in [5.74, 6) is -0.263. The molecule has 0 bridgehead atoms. The molecule has 1 heterocycles. The van der Waals surface area contributed by atoms with Gasteiger partial charge in [0.1, 0.15) is 0 Å². The molecule has 1 aromatic carbocycles. The van der Waals surface area contributed by atoms with Crippen molar-refractivity contribution >= 4 is 15.8 Å². The number of hydrogen-bond donors (Lipinski definition) is 1. The van der Waals surface area contributed by atoms with Gasteiger partial charge in [0, 0.05) is 0 Å². The molecule has 2 rings (SSSR count). The van der Waals surface area contributed by atoms with Crippen molar-refractivity contribution in [1.82, 2.24) is 15.2 Å². The van der Waals surface area contributed by atoms with Gasteiger partial charge in [-0.3, -0.25) is 0 Å². The van der Waals surface area contributed by atoms with Gasteiger partial charge < -0.3 is 5.73 Å². The van der Waals surface area contributed by atoms with Crippen LogP contribution in [-0.2, 0) is 15.6 Å². The molecule has 0 aliphatic heterocycles. The molecule has 0 aliphatic rings. The molecule has 100 valence electrons. The van der Waals surface area contributed by atoms with E-state index in [-0.39, 0.29) is 16.6 Å². The molecule has 0 atom stereocenters. The predicted molar refractivity (Wildman–Crippen MR) is 71.0 cm³/mol.